The van der Waals surface area contributed by atoms with Gasteiger partial charge < -0.3 is 14.9 Å². The Morgan fingerprint density at radius 1 is 1.14 bits per heavy atom. The van der Waals surface area contributed by atoms with Crippen molar-refractivity contribution < 1.29 is 24.5 Å². The minimum absolute atomic E-state index is 0.131. The normalized spacial score (nSPS) is 23.7. The lowest BCUT2D eigenvalue weighted by Gasteiger charge is -2.17. The first kappa shape index (κ1) is 24.6. The summed E-state index contributed by atoms with van der Waals surface area (Å²) in [5.41, 5.74) is 0. The fourth-order valence-corrected chi connectivity index (χ4v) is 3.72. The second-order valence-electron chi connectivity index (χ2n) is 7.61. The lowest BCUT2D eigenvalue weighted by molar-refractivity contribution is -0.143. The third kappa shape index (κ3) is 9.65. The van der Waals surface area contributed by atoms with Gasteiger partial charge in [0.25, 0.3) is 0 Å². The minimum Gasteiger partial charge on any atom is -0.466 e. The lowest BCUT2D eigenvalue weighted by atomic mass is 9.88. The van der Waals surface area contributed by atoms with Gasteiger partial charge in [-0.3, -0.25) is 9.59 Å². The maximum Gasteiger partial charge on any atom is 0.305 e. The summed E-state index contributed by atoms with van der Waals surface area (Å²) in [5.74, 6) is -0.284. The van der Waals surface area contributed by atoms with Crippen LogP contribution < -0.4 is 0 Å². The molecule has 0 aromatic heterocycles. The van der Waals surface area contributed by atoms with Crippen molar-refractivity contribution in [1.29, 1.82) is 0 Å². The Balaban J connectivity index is 2.34. The number of carbonyl (C=O) groups excluding carboxylic acids is 2. The summed E-state index contributed by atoms with van der Waals surface area (Å²) in [6, 6.07) is 0. The molecule has 160 valence electrons. The minimum atomic E-state index is -0.616. The standard InChI is InChI=1S/C23H38O5/c1-3-5-8-12-18(24)13-11-15-20-19(21(25)17-22(20)26)14-9-6-7-10-16-23(27)28-4-2/h5,8,11,15,18-20,22,24,26H,3-4,6-7,9-10,12-14,16-17H2,1-2H3/b8-5-,15-11+/t18?,19-,20-,22-/m1/s1. The molecule has 0 saturated heterocycles. The number of ether oxygens (including phenoxy) is 1. The van der Waals surface area contributed by atoms with Crippen molar-refractivity contribution in [2.24, 2.45) is 11.8 Å². The van der Waals surface area contributed by atoms with Crippen LogP contribution in [-0.4, -0.2) is 40.8 Å². The van der Waals surface area contributed by atoms with Crippen molar-refractivity contribution in [2.75, 3.05) is 6.61 Å². The average Bonchev–Trinajstić information content (AvgIpc) is 2.91. The van der Waals surface area contributed by atoms with Crippen molar-refractivity contribution in [3.63, 3.8) is 0 Å². The number of esters is 1. The molecule has 0 bridgehead atoms. The van der Waals surface area contributed by atoms with Crippen molar-refractivity contribution in [1.82, 2.24) is 0 Å². The smallest absolute Gasteiger partial charge is 0.305 e. The summed E-state index contributed by atoms with van der Waals surface area (Å²) in [6.45, 7) is 4.29. The molecule has 0 heterocycles. The lowest BCUT2D eigenvalue weighted by Crippen LogP contribution is -2.18. The molecule has 0 aliphatic heterocycles. The van der Waals surface area contributed by atoms with E-state index >= 15 is 0 Å². The summed E-state index contributed by atoms with van der Waals surface area (Å²) >= 11 is 0. The van der Waals surface area contributed by atoms with Gasteiger partial charge in [0.1, 0.15) is 5.78 Å². The fraction of sp³-hybridized carbons (Fsp3) is 0.739. The second-order valence-corrected chi connectivity index (χ2v) is 7.61. The highest BCUT2D eigenvalue weighted by molar-refractivity contribution is 5.84. The number of allylic oxidation sites excluding steroid dienone is 1. The zero-order valence-corrected chi connectivity index (χ0v) is 17.5. The van der Waals surface area contributed by atoms with Crippen LogP contribution in [0.3, 0.4) is 0 Å². The number of hydrogen-bond donors (Lipinski definition) is 2. The zero-order chi connectivity index (χ0) is 20.8. The summed E-state index contributed by atoms with van der Waals surface area (Å²) in [6.07, 6.45) is 14.0. The van der Waals surface area contributed by atoms with Gasteiger partial charge in [0.2, 0.25) is 0 Å². The first-order chi connectivity index (χ1) is 13.5. The number of hydrogen-bond acceptors (Lipinski definition) is 5. The topological polar surface area (TPSA) is 83.8 Å². The third-order valence-electron chi connectivity index (χ3n) is 5.26. The molecule has 1 fully saturated rings. The zero-order valence-electron chi connectivity index (χ0n) is 17.5. The molecule has 28 heavy (non-hydrogen) atoms. The number of Topliss-reactive ketones (excluding diaryl/α,β-unsaturated/α-hetero) is 1. The summed E-state index contributed by atoms with van der Waals surface area (Å²) < 4.78 is 4.91. The van der Waals surface area contributed by atoms with Gasteiger partial charge in [-0.1, -0.05) is 50.5 Å². The van der Waals surface area contributed by atoms with Gasteiger partial charge in [-0.25, -0.2) is 0 Å². The summed E-state index contributed by atoms with van der Waals surface area (Å²) in [7, 11) is 0. The SMILES string of the molecule is CC/C=C\CC(O)C/C=C/[C@H]1[C@H](O)CC(=O)[C@@H]1CCCCCCC(=O)OCC. The van der Waals surface area contributed by atoms with Crippen LogP contribution in [0.2, 0.25) is 0 Å². The van der Waals surface area contributed by atoms with E-state index in [2.05, 4.69) is 6.92 Å². The van der Waals surface area contributed by atoms with Crippen LogP contribution in [0.15, 0.2) is 24.3 Å². The number of aliphatic hydroxyl groups excluding tert-OH is 2. The quantitative estimate of drug-likeness (QED) is 0.263. The molecule has 0 spiro atoms. The Hall–Kier alpha value is -1.46. The van der Waals surface area contributed by atoms with Gasteiger partial charge in [-0.05, 0) is 39.0 Å². The Kier molecular flexibility index (Phi) is 12.8. The maximum absolute atomic E-state index is 12.2. The van der Waals surface area contributed by atoms with Gasteiger partial charge in [0.15, 0.2) is 0 Å². The summed E-state index contributed by atoms with van der Waals surface area (Å²) in [5, 5.41) is 20.2. The van der Waals surface area contributed by atoms with Crippen molar-refractivity contribution in [2.45, 2.75) is 90.3 Å². The number of rotatable bonds is 14. The van der Waals surface area contributed by atoms with Gasteiger partial charge in [-0.2, -0.15) is 0 Å². The van der Waals surface area contributed by atoms with Gasteiger partial charge in [-0.15, -0.1) is 0 Å². The van der Waals surface area contributed by atoms with Crippen LogP contribution in [0.1, 0.15) is 78.1 Å². The first-order valence-corrected chi connectivity index (χ1v) is 10.9. The molecule has 0 amide bonds. The number of ketones is 1. The van der Waals surface area contributed by atoms with E-state index in [4.69, 9.17) is 4.74 Å². The molecule has 5 nitrogen and oxygen atoms in total. The fourth-order valence-electron chi connectivity index (χ4n) is 3.72. The van der Waals surface area contributed by atoms with Crippen molar-refractivity contribution in [3.05, 3.63) is 24.3 Å². The Bertz CT molecular complexity index is 511. The van der Waals surface area contributed by atoms with Crippen LogP contribution in [0, 0.1) is 11.8 Å². The van der Waals surface area contributed by atoms with Crippen LogP contribution in [0.5, 0.6) is 0 Å². The predicted molar refractivity (Wildman–Crippen MR) is 111 cm³/mol. The molecule has 1 saturated carbocycles. The third-order valence-corrected chi connectivity index (χ3v) is 5.26. The van der Waals surface area contributed by atoms with Gasteiger partial charge in [0, 0.05) is 24.7 Å². The van der Waals surface area contributed by atoms with E-state index in [1.165, 1.54) is 0 Å². The Morgan fingerprint density at radius 2 is 1.86 bits per heavy atom. The van der Waals surface area contributed by atoms with Crippen LogP contribution >= 0.6 is 0 Å². The van der Waals surface area contributed by atoms with Crippen molar-refractivity contribution >= 4 is 11.8 Å². The molecular weight excluding hydrogens is 356 g/mol. The van der Waals surface area contributed by atoms with E-state index in [0.717, 1.165) is 38.5 Å². The Morgan fingerprint density at radius 3 is 2.57 bits per heavy atom. The van der Waals surface area contributed by atoms with E-state index < -0.39 is 12.2 Å². The number of carbonyl (C=O) groups is 2. The highest BCUT2D eigenvalue weighted by Crippen LogP contribution is 2.34. The highest BCUT2D eigenvalue weighted by Gasteiger charge is 2.39. The molecule has 1 rings (SSSR count). The van der Waals surface area contributed by atoms with Gasteiger partial charge >= 0.3 is 5.97 Å². The van der Waals surface area contributed by atoms with E-state index in [1.54, 1.807) is 6.92 Å². The maximum atomic E-state index is 12.2. The molecule has 1 unspecified atom stereocenters. The van der Waals surface area contributed by atoms with Crippen LogP contribution in [0.4, 0.5) is 0 Å². The van der Waals surface area contributed by atoms with Gasteiger partial charge in [0.05, 0.1) is 18.8 Å². The van der Waals surface area contributed by atoms with Crippen molar-refractivity contribution in [3.8, 4) is 0 Å². The molecule has 1 aliphatic carbocycles. The largest absolute Gasteiger partial charge is 0.466 e. The Labute approximate surface area is 169 Å². The number of aliphatic hydroxyl groups is 2. The van der Waals surface area contributed by atoms with E-state index in [1.807, 2.05) is 24.3 Å². The molecular formula is C23H38O5. The van der Waals surface area contributed by atoms with E-state index in [0.29, 0.717) is 25.9 Å². The predicted octanol–water partition coefficient (Wildman–Crippen LogP) is 4.12. The highest BCUT2D eigenvalue weighted by atomic mass is 16.5. The van der Waals surface area contributed by atoms with E-state index in [9.17, 15) is 19.8 Å². The van der Waals surface area contributed by atoms with E-state index in [-0.39, 0.29) is 30.0 Å². The molecule has 1 aliphatic rings. The second kappa shape index (κ2) is 14.5. The van der Waals surface area contributed by atoms with Crippen LogP contribution in [0.25, 0.3) is 0 Å². The first-order valence-electron chi connectivity index (χ1n) is 10.9. The number of unbranched alkanes of at least 4 members (excludes halogenated alkanes) is 3. The average molecular weight is 395 g/mol. The summed E-state index contributed by atoms with van der Waals surface area (Å²) in [4.78, 5) is 23.5. The molecule has 4 atom stereocenters. The molecule has 0 radical (unpaired) electrons. The monoisotopic (exact) mass is 394 g/mol. The molecule has 0 aromatic carbocycles. The molecule has 0 aromatic rings. The molecule has 5 heteroatoms. The molecule has 2 N–H and O–H groups in total. The van der Waals surface area contributed by atoms with Crippen LogP contribution in [-0.2, 0) is 14.3 Å².